The van der Waals surface area contributed by atoms with Crippen molar-refractivity contribution in [3.8, 4) is 0 Å². The predicted molar refractivity (Wildman–Crippen MR) is 113 cm³/mol. The minimum absolute atomic E-state index is 0.614. The van der Waals surface area contributed by atoms with Crippen LogP contribution in [0.1, 0.15) is 56.7 Å². The van der Waals surface area contributed by atoms with Crippen LogP contribution in [0.4, 0.5) is 0 Å². The number of rotatable bonds is 11. The van der Waals surface area contributed by atoms with Crippen LogP contribution in [0, 0.1) is 6.92 Å². The summed E-state index contributed by atoms with van der Waals surface area (Å²) in [6.45, 7) is 12.1. The lowest BCUT2D eigenvalue weighted by Gasteiger charge is -2.28. The van der Waals surface area contributed by atoms with Gasteiger partial charge in [0.2, 0.25) is 0 Å². The molecule has 6 heteroatoms. The summed E-state index contributed by atoms with van der Waals surface area (Å²) in [6, 6.07) is 7.25. The highest BCUT2D eigenvalue weighted by Gasteiger charge is 2.40. The molecule has 0 aromatic heterocycles. The molecule has 1 aliphatic rings. The molecular weight excluding hydrogens is 356 g/mol. The maximum Gasteiger partial charge on any atom is 0.501 e. The van der Waals surface area contributed by atoms with Gasteiger partial charge in [-0.3, -0.25) is 5.01 Å². The molecule has 5 nitrogen and oxygen atoms in total. The van der Waals surface area contributed by atoms with Gasteiger partial charge in [0.25, 0.3) is 0 Å². The Kier molecular flexibility index (Phi) is 9.48. The Balaban J connectivity index is 2.14. The largest absolute Gasteiger partial charge is 0.501 e. The molecule has 0 atom stereocenters. The van der Waals surface area contributed by atoms with Gasteiger partial charge in [-0.05, 0) is 64.5 Å². The standard InChI is InChI=1S/C21H36N2O3Si/c1-5-24-27(25-6-2,26-7-3)17-14-20-13-11-12-19(4)21(20)18-22-23-15-9-8-10-16-23/h11-13,18H,5-10,14-17H2,1-4H3/b22-18+. The average molecular weight is 393 g/mol. The normalized spacial score (nSPS) is 15.6. The Hall–Kier alpha value is -1.21. The fourth-order valence-electron chi connectivity index (χ4n) is 3.57. The van der Waals surface area contributed by atoms with E-state index in [4.69, 9.17) is 18.4 Å². The second kappa shape index (κ2) is 11.6. The Morgan fingerprint density at radius 1 is 1.00 bits per heavy atom. The molecule has 0 spiro atoms. The van der Waals surface area contributed by atoms with E-state index < -0.39 is 8.80 Å². The number of aryl methyl sites for hydroxylation is 2. The van der Waals surface area contributed by atoms with Crippen molar-refractivity contribution in [1.82, 2.24) is 5.01 Å². The Morgan fingerprint density at radius 3 is 2.22 bits per heavy atom. The summed E-state index contributed by atoms with van der Waals surface area (Å²) in [5.41, 5.74) is 3.76. The number of hydrazone groups is 1. The van der Waals surface area contributed by atoms with Crippen LogP contribution >= 0.6 is 0 Å². The monoisotopic (exact) mass is 392 g/mol. The third kappa shape index (κ3) is 6.71. The zero-order valence-electron chi connectivity index (χ0n) is 17.5. The van der Waals surface area contributed by atoms with Crippen LogP contribution < -0.4 is 0 Å². The lowest BCUT2D eigenvalue weighted by molar-refractivity contribution is 0.0714. The minimum atomic E-state index is -2.63. The van der Waals surface area contributed by atoms with Crippen LogP contribution in [0.15, 0.2) is 23.3 Å². The van der Waals surface area contributed by atoms with E-state index in [1.54, 1.807) is 0 Å². The van der Waals surface area contributed by atoms with Gasteiger partial charge in [-0.25, -0.2) is 0 Å². The maximum atomic E-state index is 6.01. The quantitative estimate of drug-likeness (QED) is 0.413. The first-order valence-electron chi connectivity index (χ1n) is 10.4. The van der Waals surface area contributed by atoms with Crippen molar-refractivity contribution in [3.63, 3.8) is 0 Å². The van der Waals surface area contributed by atoms with E-state index in [-0.39, 0.29) is 0 Å². The van der Waals surface area contributed by atoms with E-state index in [9.17, 15) is 0 Å². The third-order valence-corrected chi connectivity index (χ3v) is 7.94. The topological polar surface area (TPSA) is 43.3 Å². The van der Waals surface area contributed by atoms with Gasteiger partial charge in [-0.15, -0.1) is 0 Å². The Bertz CT molecular complexity index is 572. The molecule has 1 saturated heterocycles. The van der Waals surface area contributed by atoms with Crippen LogP contribution in [0.3, 0.4) is 0 Å². The summed E-state index contributed by atoms with van der Waals surface area (Å²) in [4.78, 5) is 0. The van der Waals surface area contributed by atoms with Crippen LogP contribution in [0.2, 0.25) is 6.04 Å². The zero-order chi connectivity index (χ0) is 19.5. The van der Waals surface area contributed by atoms with Crippen molar-refractivity contribution in [2.45, 2.75) is 59.4 Å². The van der Waals surface area contributed by atoms with E-state index in [0.717, 1.165) is 25.6 Å². The summed E-state index contributed by atoms with van der Waals surface area (Å²) < 4.78 is 18.0. The molecule has 27 heavy (non-hydrogen) atoms. The summed E-state index contributed by atoms with van der Waals surface area (Å²) in [7, 11) is -2.63. The summed E-state index contributed by atoms with van der Waals surface area (Å²) in [5, 5.41) is 6.95. The first kappa shape index (κ1) is 22.1. The van der Waals surface area contributed by atoms with Crippen molar-refractivity contribution in [2.24, 2.45) is 5.10 Å². The number of hydrogen-bond acceptors (Lipinski definition) is 5. The van der Waals surface area contributed by atoms with Crippen molar-refractivity contribution in [3.05, 3.63) is 34.9 Å². The van der Waals surface area contributed by atoms with Gasteiger partial charge < -0.3 is 13.3 Å². The van der Waals surface area contributed by atoms with Gasteiger partial charge in [-0.1, -0.05) is 18.2 Å². The molecule has 1 aromatic carbocycles. The molecule has 1 aromatic rings. The molecule has 0 aliphatic carbocycles. The van der Waals surface area contributed by atoms with Gasteiger partial charge in [-0.2, -0.15) is 5.10 Å². The van der Waals surface area contributed by atoms with Crippen LogP contribution in [-0.4, -0.2) is 52.9 Å². The smallest absolute Gasteiger partial charge is 0.374 e. The van der Waals surface area contributed by atoms with E-state index in [0.29, 0.717) is 19.8 Å². The van der Waals surface area contributed by atoms with Gasteiger partial charge >= 0.3 is 8.80 Å². The summed E-state index contributed by atoms with van der Waals surface area (Å²) in [5.74, 6) is 0. The zero-order valence-corrected chi connectivity index (χ0v) is 18.5. The van der Waals surface area contributed by atoms with E-state index >= 15 is 0 Å². The first-order valence-corrected chi connectivity index (χ1v) is 12.4. The summed E-state index contributed by atoms with van der Waals surface area (Å²) in [6.07, 6.45) is 6.71. The SMILES string of the molecule is CCO[Si](CCc1cccc(C)c1/C=N/N1CCCCC1)(OCC)OCC. The lowest BCUT2D eigenvalue weighted by Crippen LogP contribution is -2.46. The van der Waals surface area contributed by atoms with Gasteiger partial charge in [0.1, 0.15) is 0 Å². The Morgan fingerprint density at radius 2 is 1.63 bits per heavy atom. The highest BCUT2D eigenvalue weighted by atomic mass is 28.4. The van der Waals surface area contributed by atoms with E-state index in [2.05, 4.69) is 30.1 Å². The second-order valence-corrected chi connectivity index (χ2v) is 9.62. The molecule has 1 fully saturated rings. The molecule has 1 aliphatic heterocycles. The molecule has 2 rings (SSSR count). The van der Waals surface area contributed by atoms with E-state index in [1.807, 2.05) is 27.0 Å². The number of nitrogens with zero attached hydrogens (tertiary/aromatic N) is 2. The lowest BCUT2D eigenvalue weighted by atomic mass is 10.0. The van der Waals surface area contributed by atoms with Crippen molar-refractivity contribution >= 4 is 15.0 Å². The fraction of sp³-hybridized carbons (Fsp3) is 0.667. The van der Waals surface area contributed by atoms with Crippen molar-refractivity contribution in [1.29, 1.82) is 0 Å². The molecule has 0 radical (unpaired) electrons. The van der Waals surface area contributed by atoms with Crippen LogP contribution in [-0.2, 0) is 19.7 Å². The number of piperidine rings is 1. The predicted octanol–water partition coefficient (Wildman–Crippen LogP) is 4.41. The van der Waals surface area contributed by atoms with Crippen LogP contribution in [0.5, 0.6) is 0 Å². The second-order valence-electron chi connectivity index (χ2n) is 6.89. The molecule has 0 saturated carbocycles. The van der Waals surface area contributed by atoms with E-state index in [1.165, 1.54) is 36.0 Å². The van der Waals surface area contributed by atoms with Crippen molar-refractivity contribution < 1.29 is 13.3 Å². The van der Waals surface area contributed by atoms with Gasteiger partial charge in [0, 0.05) is 44.5 Å². The Labute approximate surface area is 166 Å². The highest BCUT2D eigenvalue weighted by molar-refractivity contribution is 6.60. The molecule has 0 N–H and O–H groups in total. The molecule has 0 amide bonds. The van der Waals surface area contributed by atoms with Crippen LogP contribution in [0.25, 0.3) is 0 Å². The minimum Gasteiger partial charge on any atom is -0.374 e. The fourth-order valence-corrected chi connectivity index (χ4v) is 6.14. The van der Waals surface area contributed by atoms with Crippen molar-refractivity contribution in [2.75, 3.05) is 32.9 Å². The first-order chi connectivity index (χ1) is 13.1. The molecule has 152 valence electrons. The molecular formula is C21H36N2O3Si. The summed E-state index contributed by atoms with van der Waals surface area (Å²) >= 11 is 0. The van der Waals surface area contributed by atoms with Gasteiger partial charge in [0.05, 0.1) is 6.21 Å². The molecule has 1 heterocycles. The third-order valence-electron chi connectivity index (χ3n) is 4.89. The van der Waals surface area contributed by atoms with Gasteiger partial charge in [0.15, 0.2) is 0 Å². The maximum absolute atomic E-state index is 6.01. The number of benzene rings is 1. The average Bonchev–Trinajstić information content (AvgIpc) is 2.67. The highest BCUT2D eigenvalue weighted by Crippen LogP contribution is 2.22. The molecule has 0 unspecified atom stereocenters. The molecule has 0 bridgehead atoms. The number of hydrogen-bond donors (Lipinski definition) is 0.